The fourth-order valence-electron chi connectivity index (χ4n) is 3.12. The van der Waals surface area contributed by atoms with E-state index in [-0.39, 0.29) is 17.0 Å². The molecule has 160 valence electrons. The first-order chi connectivity index (χ1) is 15.3. The number of aromatic nitrogens is 3. The highest BCUT2D eigenvalue weighted by Gasteiger charge is 2.09. The van der Waals surface area contributed by atoms with Gasteiger partial charge in [0.2, 0.25) is 0 Å². The van der Waals surface area contributed by atoms with Crippen molar-refractivity contribution in [1.82, 2.24) is 14.5 Å². The molecule has 0 saturated heterocycles. The van der Waals surface area contributed by atoms with Gasteiger partial charge in [-0.3, -0.25) is 9.36 Å². The normalized spacial score (nSPS) is 11.2. The lowest BCUT2D eigenvalue weighted by molar-refractivity contribution is 0.602. The summed E-state index contributed by atoms with van der Waals surface area (Å²) in [5, 5.41) is 0.434. The third kappa shape index (κ3) is 5.13. The molecule has 0 saturated carbocycles. The average Bonchev–Trinajstić information content (AvgIpc) is 2.77. The summed E-state index contributed by atoms with van der Waals surface area (Å²) in [6.07, 6.45) is 4.75. The van der Waals surface area contributed by atoms with Crippen molar-refractivity contribution in [1.29, 1.82) is 0 Å². The largest absolute Gasteiger partial charge is 0.294 e. The fourth-order valence-corrected chi connectivity index (χ4v) is 4.01. The van der Waals surface area contributed by atoms with E-state index in [4.69, 9.17) is 0 Å². The van der Waals surface area contributed by atoms with Crippen molar-refractivity contribution in [2.45, 2.75) is 17.9 Å². The minimum atomic E-state index is -3.26. The van der Waals surface area contributed by atoms with Gasteiger partial charge in [-0.25, -0.2) is 18.4 Å². The molecule has 0 aliphatic heterocycles. The number of nitrogens with zero attached hydrogens (tertiary/aromatic N) is 3. The summed E-state index contributed by atoms with van der Waals surface area (Å²) in [4.78, 5) is 21.8. The molecule has 8 heteroatoms. The summed E-state index contributed by atoms with van der Waals surface area (Å²) in [7, 11) is -3.26. The lowest BCUT2D eigenvalue weighted by Gasteiger charge is -2.07. The molecule has 4 rings (SSSR count). The molecule has 0 atom stereocenters. The first-order valence-electron chi connectivity index (χ1n) is 9.67. The van der Waals surface area contributed by atoms with Gasteiger partial charge in [0.25, 0.3) is 5.56 Å². The van der Waals surface area contributed by atoms with Crippen molar-refractivity contribution < 1.29 is 8.42 Å². The highest BCUT2D eigenvalue weighted by atomic mass is 79.9. The van der Waals surface area contributed by atoms with Crippen molar-refractivity contribution in [2.24, 2.45) is 0 Å². The SMILES string of the molecule is CS(=O)(=O)c1ccc(Cn2cnc3cnc(C#CCc4ccc(Br)cc4)cc3c2=O)cc1. The molecule has 2 heterocycles. The predicted molar refractivity (Wildman–Crippen MR) is 127 cm³/mol. The van der Waals surface area contributed by atoms with Gasteiger partial charge in [0, 0.05) is 17.1 Å². The van der Waals surface area contributed by atoms with Crippen LogP contribution in [0.25, 0.3) is 10.9 Å². The van der Waals surface area contributed by atoms with E-state index in [9.17, 15) is 13.2 Å². The third-order valence-corrected chi connectivity index (χ3v) is 6.49. The maximum Gasteiger partial charge on any atom is 0.261 e. The van der Waals surface area contributed by atoms with Crippen LogP contribution in [0.2, 0.25) is 0 Å². The Morgan fingerprint density at radius 2 is 1.69 bits per heavy atom. The Hall–Kier alpha value is -3.28. The molecular weight excluding hydrogens is 490 g/mol. The molecule has 0 radical (unpaired) electrons. The van der Waals surface area contributed by atoms with Crippen LogP contribution in [0.3, 0.4) is 0 Å². The van der Waals surface area contributed by atoms with Gasteiger partial charge in [0.05, 0.1) is 34.9 Å². The van der Waals surface area contributed by atoms with Gasteiger partial charge in [-0.1, -0.05) is 46.1 Å². The van der Waals surface area contributed by atoms with Crippen molar-refractivity contribution in [3.63, 3.8) is 0 Å². The molecule has 0 aliphatic rings. The van der Waals surface area contributed by atoms with Crippen LogP contribution in [0.1, 0.15) is 16.8 Å². The molecule has 0 bridgehead atoms. The number of hydrogen-bond acceptors (Lipinski definition) is 5. The zero-order chi connectivity index (χ0) is 22.7. The second-order valence-corrected chi connectivity index (χ2v) is 10.2. The highest BCUT2D eigenvalue weighted by molar-refractivity contribution is 9.10. The molecule has 4 aromatic rings. The minimum Gasteiger partial charge on any atom is -0.294 e. The number of fused-ring (bicyclic) bond motifs is 1. The number of hydrogen-bond donors (Lipinski definition) is 0. The van der Waals surface area contributed by atoms with E-state index in [1.165, 1.54) is 23.0 Å². The lowest BCUT2D eigenvalue weighted by atomic mass is 10.1. The molecule has 0 unspecified atom stereocenters. The number of sulfone groups is 1. The van der Waals surface area contributed by atoms with E-state index < -0.39 is 9.84 Å². The monoisotopic (exact) mass is 507 g/mol. The fraction of sp³-hybridized carbons (Fsp3) is 0.125. The van der Waals surface area contributed by atoms with Gasteiger partial charge >= 0.3 is 0 Å². The Balaban J connectivity index is 1.58. The Morgan fingerprint density at radius 3 is 2.38 bits per heavy atom. The molecule has 2 aromatic heterocycles. The second-order valence-electron chi connectivity index (χ2n) is 7.29. The van der Waals surface area contributed by atoms with Gasteiger partial charge in [-0.05, 0) is 47.4 Å². The van der Waals surface area contributed by atoms with Crippen LogP contribution < -0.4 is 5.56 Å². The summed E-state index contributed by atoms with van der Waals surface area (Å²) in [5.74, 6) is 6.10. The summed E-state index contributed by atoms with van der Waals surface area (Å²) >= 11 is 3.41. The van der Waals surface area contributed by atoms with Crippen LogP contribution in [0.5, 0.6) is 0 Å². The quantitative estimate of drug-likeness (QED) is 0.394. The average molecular weight is 508 g/mol. The zero-order valence-corrected chi connectivity index (χ0v) is 19.5. The van der Waals surface area contributed by atoms with Crippen LogP contribution in [-0.4, -0.2) is 29.2 Å². The van der Waals surface area contributed by atoms with Gasteiger partial charge in [0.15, 0.2) is 9.84 Å². The maximum atomic E-state index is 13.0. The summed E-state index contributed by atoms with van der Waals surface area (Å²) in [6, 6.07) is 16.0. The van der Waals surface area contributed by atoms with E-state index in [2.05, 4.69) is 37.7 Å². The van der Waals surface area contributed by atoms with Crippen molar-refractivity contribution in [3.8, 4) is 11.8 Å². The van der Waals surface area contributed by atoms with Crippen LogP contribution >= 0.6 is 15.9 Å². The molecular formula is C24H18BrN3O3S. The van der Waals surface area contributed by atoms with Gasteiger partial charge < -0.3 is 0 Å². The Kier molecular flexibility index (Phi) is 6.21. The van der Waals surface area contributed by atoms with E-state index in [0.717, 1.165) is 21.9 Å². The third-order valence-electron chi connectivity index (χ3n) is 4.84. The number of benzene rings is 2. The van der Waals surface area contributed by atoms with Gasteiger partial charge in [-0.2, -0.15) is 0 Å². The van der Waals surface area contributed by atoms with Crippen LogP contribution in [0.15, 0.2) is 81.3 Å². The molecule has 32 heavy (non-hydrogen) atoms. The van der Waals surface area contributed by atoms with Crippen molar-refractivity contribution in [2.75, 3.05) is 6.26 Å². The molecule has 0 N–H and O–H groups in total. The second kappa shape index (κ2) is 9.07. The van der Waals surface area contributed by atoms with E-state index in [1.807, 2.05) is 24.3 Å². The van der Waals surface area contributed by atoms with Gasteiger partial charge in [-0.15, -0.1) is 0 Å². The Labute approximate surface area is 194 Å². The standard InChI is InChI=1S/C24H18BrN3O3S/c1-32(30,31)21-11-7-18(8-12-21)15-28-16-27-23-14-26-20(13-22(23)24(28)29)4-2-3-17-5-9-19(25)10-6-17/h5-14,16H,3,15H2,1H3. The van der Waals surface area contributed by atoms with Crippen LogP contribution in [-0.2, 0) is 22.8 Å². The molecule has 0 amide bonds. The first-order valence-corrected chi connectivity index (χ1v) is 12.4. The topological polar surface area (TPSA) is 81.9 Å². The summed E-state index contributed by atoms with van der Waals surface area (Å²) in [6.45, 7) is 0.277. The summed E-state index contributed by atoms with van der Waals surface area (Å²) in [5.41, 5.74) is 2.68. The number of rotatable bonds is 4. The number of halogens is 1. The van der Waals surface area contributed by atoms with Gasteiger partial charge in [0.1, 0.15) is 5.69 Å². The van der Waals surface area contributed by atoms with Crippen LogP contribution in [0, 0.1) is 11.8 Å². The summed E-state index contributed by atoms with van der Waals surface area (Å²) < 4.78 is 25.7. The highest BCUT2D eigenvalue weighted by Crippen LogP contribution is 2.13. The van der Waals surface area contributed by atoms with Crippen molar-refractivity contribution in [3.05, 3.63) is 98.8 Å². The molecule has 0 aliphatic carbocycles. The molecule has 6 nitrogen and oxygen atoms in total. The zero-order valence-electron chi connectivity index (χ0n) is 17.1. The number of pyridine rings is 1. The maximum absolute atomic E-state index is 13.0. The molecule has 0 spiro atoms. The van der Waals surface area contributed by atoms with Crippen molar-refractivity contribution >= 4 is 36.7 Å². The lowest BCUT2D eigenvalue weighted by Crippen LogP contribution is -2.21. The molecule has 0 fully saturated rings. The Bertz CT molecular complexity index is 1520. The smallest absolute Gasteiger partial charge is 0.261 e. The molecule has 2 aromatic carbocycles. The van der Waals surface area contributed by atoms with Crippen LogP contribution in [0.4, 0.5) is 0 Å². The van der Waals surface area contributed by atoms with E-state index in [1.54, 1.807) is 24.4 Å². The van der Waals surface area contributed by atoms with E-state index in [0.29, 0.717) is 23.0 Å². The predicted octanol–water partition coefficient (Wildman–Crippen LogP) is 3.60. The first kappa shape index (κ1) is 21.9. The Morgan fingerprint density at radius 1 is 1.00 bits per heavy atom. The minimum absolute atomic E-state index is 0.208. The van der Waals surface area contributed by atoms with E-state index >= 15 is 0 Å².